The van der Waals surface area contributed by atoms with Crippen LogP contribution in [0.2, 0.25) is 0 Å². The van der Waals surface area contributed by atoms with Crippen LogP contribution in [0.25, 0.3) is 0 Å². The fraction of sp³-hybridized carbons (Fsp3) is 0.533. The molecular weight excluding hydrogens is 304 g/mol. The van der Waals surface area contributed by atoms with E-state index in [2.05, 4.69) is 12.2 Å². The van der Waals surface area contributed by atoms with E-state index in [0.29, 0.717) is 11.7 Å². The topological polar surface area (TPSA) is 98.5 Å². The number of nitrogens with one attached hydrogen (secondary N) is 1. The van der Waals surface area contributed by atoms with Crippen molar-refractivity contribution in [3.8, 4) is 5.75 Å². The summed E-state index contributed by atoms with van der Waals surface area (Å²) in [6, 6.07) is 4.14. The fourth-order valence-corrected chi connectivity index (χ4v) is 3.41. The number of nitrogens with two attached hydrogens (primary N) is 1. The van der Waals surface area contributed by atoms with Crippen molar-refractivity contribution in [2.24, 2.45) is 11.1 Å². The van der Waals surface area contributed by atoms with E-state index in [1.54, 1.807) is 0 Å². The predicted octanol–water partition coefficient (Wildman–Crippen LogP) is 1.65. The maximum absolute atomic E-state index is 12.5. The lowest BCUT2D eigenvalue weighted by molar-refractivity contribution is 0.0918. The molecule has 1 aromatic carbocycles. The van der Waals surface area contributed by atoms with Gasteiger partial charge in [0.15, 0.2) is 0 Å². The number of amides is 1. The van der Waals surface area contributed by atoms with Crippen molar-refractivity contribution >= 4 is 15.9 Å². The van der Waals surface area contributed by atoms with Gasteiger partial charge < -0.3 is 10.1 Å². The van der Waals surface area contributed by atoms with Crippen molar-refractivity contribution in [1.29, 1.82) is 0 Å². The van der Waals surface area contributed by atoms with Gasteiger partial charge in [-0.2, -0.15) is 0 Å². The molecule has 3 N–H and O–H groups in total. The van der Waals surface area contributed by atoms with Crippen molar-refractivity contribution in [2.45, 2.75) is 43.5 Å². The molecule has 122 valence electrons. The number of carbonyl (C=O) groups is 1. The first-order valence-electron chi connectivity index (χ1n) is 7.33. The van der Waals surface area contributed by atoms with E-state index in [0.717, 1.165) is 19.3 Å². The van der Waals surface area contributed by atoms with Gasteiger partial charge in [0.05, 0.1) is 17.6 Å². The molecule has 2 rings (SSSR count). The molecule has 1 aromatic rings. The Kier molecular flexibility index (Phi) is 5.08. The van der Waals surface area contributed by atoms with Crippen molar-refractivity contribution in [1.82, 2.24) is 5.32 Å². The lowest BCUT2D eigenvalue weighted by atomic mass is 9.87. The van der Waals surface area contributed by atoms with E-state index in [1.807, 2.05) is 0 Å². The second kappa shape index (κ2) is 6.66. The molecule has 1 amide bonds. The van der Waals surface area contributed by atoms with Crippen LogP contribution in [0.1, 0.15) is 43.0 Å². The highest BCUT2D eigenvalue weighted by Gasteiger charge is 2.23. The summed E-state index contributed by atoms with van der Waals surface area (Å²) >= 11 is 0. The zero-order chi connectivity index (χ0) is 16.3. The van der Waals surface area contributed by atoms with E-state index in [9.17, 15) is 13.2 Å². The Labute approximate surface area is 131 Å². The number of benzene rings is 1. The average Bonchev–Trinajstić information content (AvgIpc) is 2.45. The molecule has 6 nitrogen and oxygen atoms in total. The van der Waals surface area contributed by atoms with Crippen LogP contribution >= 0.6 is 0 Å². The van der Waals surface area contributed by atoms with Gasteiger partial charge in [0.25, 0.3) is 5.91 Å². The summed E-state index contributed by atoms with van der Waals surface area (Å²) in [5.41, 5.74) is 0.187. The minimum absolute atomic E-state index is 0.101. The Hall–Kier alpha value is -1.60. The summed E-state index contributed by atoms with van der Waals surface area (Å²) in [5, 5.41) is 8.08. The predicted molar refractivity (Wildman–Crippen MR) is 83.3 cm³/mol. The first kappa shape index (κ1) is 16.8. The number of carbonyl (C=O) groups excluding carboxylic acids is 1. The zero-order valence-electron chi connectivity index (χ0n) is 12.8. The Bertz CT molecular complexity index is 658. The third-order valence-corrected chi connectivity index (χ3v) is 4.93. The molecule has 0 unspecified atom stereocenters. The van der Waals surface area contributed by atoms with Crippen LogP contribution in [0.15, 0.2) is 23.1 Å². The summed E-state index contributed by atoms with van der Waals surface area (Å²) in [6.07, 6.45) is 4.13. The molecule has 1 aliphatic carbocycles. The minimum atomic E-state index is -3.86. The first-order valence-corrected chi connectivity index (χ1v) is 8.87. The fourth-order valence-electron chi connectivity index (χ4n) is 2.87. The quantitative estimate of drug-likeness (QED) is 0.879. The Morgan fingerprint density at radius 2 is 2.09 bits per heavy atom. The summed E-state index contributed by atoms with van der Waals surface area (Å²) in [5.74, 6) is 0.576. The average molecular weight is 326 g/mol. The molecule has 0 heterocycles. The van der Waals surface area contributed by atoms with Gasteiger partial charge in [-0.05, 0) is 37.0 Å². The minimum Gasteiger partial charge on any atom is -0.496 e. The first-order chi connectivity index (χ1) is 10.3. The van der Waals surface area contributed by atoms with Crippen LogP contribution in [0.3, 0.4) is 0 Å². The van der Waals surface area contributed by atoms with E-state index >= 15 is 0 Å². The second-order valence-electron chi connectivity index (χ2n) is 5.85. The monoisotopic (exact) mass is 326 g/mol. The molecule has 1 saturated carbocycles. The van der Waals surface area contributed by atoms with Crippen LogP contribution in [-0.4, -0.2) is 27.5 Å². The molecule has 7 heteroatoms. The van der Waals surface area contributed by atoms with Gasteiger partial charge >= 0.3 is 0 Å². The van der Waals surface area contributed by atoms with Gasteiger partial charge in [0, 0.05) is 6.04 Å². The van der Waals surface area contributed by atoms with E-state index < -0.39 is 10.0 Å². The highest BCUT2D eigenvalue weighted by atomic mass is 32.2. The smallest absolute Gasteiger partial charge is 0.255 e. The van der Waals surface area contributed by atoms with Gasteiger partial charge in [0.1, 0.15) is 5.75 Å². The number of rotatable bonds is 4. The van der Waals surface area contributed by atoms with E-state index in [4.69, 9.17) is 9.88 Å². The van der Waals surface area contributed by atoms with Gasteiger partial charge in [-0.1, -0.05) is 19.8 Å². The van der Waals surface area contributed by atoms with Crippen LogP contribution in [0.4, 0.5) is 0 Å². The van der Waals surface area contributed by atoms with E-state index in [-0.39, 0.29) is 22.4 Å². The lowest BCUT2D eigenvalue weighted by Crippen LogP contribution is -2.38. The summed E-state index contributed by atoms with van der Waals surface area (Å²) in [4.78, 5) is 12.4. The summed E-state index contributed by atoms with van der Waals surface area (Å²) in [6.45, 7) is 2.17. The van der Waals surface area contributed by atoms with E-state index in [1.165, 1.54) is 31.7 Å². The molecule has 1 aliphatic rings. The molecule has 1 fully saturated rings. The van der Waals surface area contributed by atoms with Crippen LogP contribution in [0, 0.1) is 5.92 Å². The number of sulfonamides is 1. The third-order valence-electron chi connectivity index (χ3n) is 4.02. The van der Waals surface area contributed by atoms with Gasteiger partial charge in [-0.3, -0.25) is 4.79 Å². The zero-order valence-corrected chi connectivity index (χ0v) is 13.7. The molecule has 0 aromatic heterocycles. The third kappa shape index (κ3) is 3.98. The highest BCUT2D eigenvalue weighted by molar-refractivity contribution is 7.89. The standard InChI is InChI=1S/C15H22N2O4S/c1-10-4-3-5-11(8-10)17-15(18)13-9-12(22(16,19)20)6-7-14(13)21-2/h6-7,9-11H,3-5,8H2,1-2H3,(H,17,18)(H2,16,19,20)/t10-,11+/m1/s1. The van der Waals surface area contributed by atoms with Gasteiger partial charge in [-0.25, -0.2) is 13.6 Å². The summed E-state index contributed by atoms with van der Waals surface area (Å²) in [7, 11) is -2.43. The number of methoxy groups -OCH3 is 1. The Balaban J connectivity index is 2.23. The Morgan fingerprint density at radius 3 is 2.68 bits per heavy atom. The number of hydrogen-bond acceptors (Lipinski definition) is 4. The van der Waals surface area contributed by atoms with Crippen molar-refractivity contribution in [3.05, 3.63) is 23.8 Å². The van der Waals surface area contributed by atoms with Crippen LogP contribution in [0.5, 0.6) is 5.75 Å². The van der Waals surface area contributed by atoms with Crippen molar-refractivity contribution in [3.63, 3.8) is 0 Å². The van der Waals surface area contributed by atoms with Crippen LogP contribution in [-0.2, 0) is 10.0 Å². The maximum atomic E-state index is 12.5. The highest BCUT2D eigenvalue weighted by Crippen LogP contribution is 2.26. The number of hydrogen-bond donors (Lipinski definition) is 2. The van der Waals surface area contributed by atoms with Crippen molar-refractivity contribution < 1.29 is 17.9 Å². The van der Waals surface area contributed by atoms with Gasteiger partial charge in [0.2, 0.25) is 10.0 Å². The molecule has 0 saturated heterocycles. The molecule has 0 aliphatic heterocycles. The Morgan fingerprint density at radius 1 is 1.36 bits per heavy atom. The molecule has 0 radical (unpaired) electrons. The largest absolute Gasteiger partial charge is 0.496 e. The number of primary sulfonamides is 1. The molecule has 22 heavy (non-hydrogen) atoms. The number of ether oxygens (including phenoxy) is 1. The molecule has 0 spiro atoms. The maximum Gasteiger partial charge on any atom is 0.255 e. The molecule has 0 bridgehead atoms. The lowest BCUT2D eigenvalue weighted by Gasteiger charge is -2.27. The van der Waals surface area contributed by atoms with Gasteiger partial charge in [-0.15, -0.1) is 0 Å². The second-order valence-corrected chi connectivity index (χ2v) is 7.41. The normalized spacial score (nSPS) is 22.1. The van der Waals surface area contributed by atoms with Crippen LogP contribution < -0.4 is 15.2 Å². The van der Waals surface area contributed by atoms with Crippen molar-refractivity contribution in [2.75, 3.05) is 7.11 Å². The SMILES string of the molecule is COc1ccc(S(N)(=O)=O)cc1C(=O)N[C@H]1CCC[C@@H](C)C1. The molecule has 2 atom stereocenters. The summed E-state index contributed by atoms with van der Waals surface area (Å²) < 4.78 is 28.0. The molecular formula is C15H22N2O4S.